The zero-order chi connectivity index (χ0) is 19.5. The Kier molecular flexibility index (Phi) is 5.12. The normalized spacial score (nSPS) is 10.8. The van der Waals surface area contributed by atoms with Gasteiger partial charge in [0.1, 0.15) is 23.9 Å². The summed E-state index contributed by atoms with van der Waals surface area (Å²) in [6.07, 6.45) is 0. The Hall–Kier alpha value is -3.12. The van der Waals surface area contributed by atoms with Crippen molar-refractivity contribution >= 4 is 26.8 Å². The Morgan fingerprint density at radius 2 is 1.79 bits per heavy atom. The zero-order valence-corrected chi connectivity index (χ0v) is 16.7. The molecule has 0 bridgehead atoms. The lowest BCUT2D eigenvalue weighted by Crippen LogP contribution is -2.09. The van der Waals surface area contributed by atoms with Crippen molar-refractivity contribution in [1.29, 1.82) is 0 Å². The summed E-state index contributed by atoms with van der Waals surface area (Å²) in [7, 11) is 1.62. The summed E-state index contributed by atoms with van der Waals surface area (Å²) in [4.78, 5) is 19.8. The molecule has 5 nitrogen and oxygen atoms in total. The van der Waals surface area contributed by atoms with Gasteiger partial charge in [0.25, 0.3) is 5.56 Å². The number of aromatic amines is 1. The third-order valence-corrected chi connectivity index (χ3v) is 5.04. The molecular weight excluding hydrogens is 420 g/mol. The maximum atomic E-state index is 12.4. The molecule has 0 amide bonds. The van der Waals surface area contributed by atoms with Crippen molar-refractivity contribution in [2.45, 2.75) is 6.61 Å². The van der Waals surface area contributed by atoms with Crippen LogP contribution in [0.4, 0.5) is 0 Å². The van der Waals surface area contributed by atoms with E-state index in [1.165, 1.54) is 0 Å². The van der Waals surface area contributed by atoms with Gasteiger partial charge in [-0.2, -0.15) is 0 Å². The summed E-state index contributed by atoms with van der Waals surface area (Å²) in [6.45, 7) is 0.317. The van der Waals surface area contributed by atoms with Gasteiger partial charge in [0.15, 0.2) is 0 Å². The van der Waals surface area contributed by atoms with Gasteiger partial charge in [0, 0.05) is 11.1 Å². The minimum atomic E-state index is -0.164. The van der Waals surface area contributed by atoms with Gasteiger partial charge in [-0.15, -0.1) is 0 Å². The number of nitrogens with zero attached hydrogens (tertiary/aromatic N) is 1. The monoisotopic (exact) mass is 436 g/mol. The van der Waals surface area contributed by atoms with Crippen molar-refractivity contribution in [3.8, 4) is 22.9 Å². The second-order valence-electron chi connectivity index (χ2n) is 6.18. The van der Waals surface area contributed by atoms with Crippen molar-refractivity contribution in [3.05, 3.63) is 87.1 Å². The molecule has 0 saturated heterocycles. The quantitative estimate of drug-likeness (QED) is 0.481. The molecule has 3 aromatic carbocycles. The molecule has 0 aliphatic carbocycles. The average molecular weight is 437 g/mol. The van der Waals surface area contributed by atoms with E-state index in [1.54, 1.807) is 13.2 Å². The van der Waals surface area contributed by atoms with Gasteiger partial charge >= 0.3 is 0 Å². The van der Waals surface area contributed by atoms with E-state index in [0.29, 0.717) is 29.1 Å². The third-order valence-electron chi connectivity index (χ3n) is 4.39. The van der Waals surface area contributed by atoms with Gasteiger partial charge in [0.2, 0.25) is 0 Å². The Labute approximate surface area is 170 Å². The maximum absolute atomic E-state index is 12.4. The predicted octanol–water partition coefficient (Wildman–Crippen LogP) is 4.94. The van der Waals surface area contributed by atoms with Gasteiger partial charge in [-0.1, -0.05) is 24.3 Å². The van der Waals surface area contributed by atoms with Gasteiger partial charge < -0.3 is 14.5 Å². The lowest BCUT2D eigenvalue weighted by molar-refractivity contribution is 0.295. The highest BCUT2D eigenvalue weighted by Gasteiger charge is 2.11. The molecular formula is C22H17BrN2O3. The standard InChI is InChI=1S/C22H17BrN2O3/c1-27-19-11-10-14(12-15(19)13-28-20-9-5-3-7-17(20)23)21-24-18-8-4-2-6-16(18)22(26)25-21/h2-12H,13H2,1H3,(H,24,25,26). The van der Waals surface area contributed by atoms with E-state index >= 15 is 0 Å². The number of rotatable bonds is 5. The molecule has 0 aliphatic heterocycles. The Morgan fingerprint density at radius 3 is 2.61 bits per heavy atom. The van der Waals surface area contributed by atoms with Crippen LogP contribution < -0.4 is 15.0 Å². The molecule has 1 N–H and O–H groups in total. The lowest BCUT2D eigenvalue weighted by Gasteiger charge is -2.13. The van der Waals surface area contributed by atoms with E-state index in [0.717, 1.165) is 21.3 Å². The minimum absolute atomic E-state index is 0.164. The second-order valence-corrected chi connectivity index (χ2v) is 7.03. The molecule has 0 radical (unpaired) electrons. The van der Waals surface area contributed by atoms with Gasteiger partial charge in [-0.05, 0) is 58.4 Å². The average Bonchev–Trinajstić information content (AvgIpc) is 2.73. The summed E-state index contributed by atoms with van der Waals surface area (Å²) < 4.78 is 12.3. The molecule has 1 heterocycles. The Balaban J connectivity index is 1.70. The number of nitrogens with one attached hydrogen (secondary N) is 1. The Morgan fingerprint density at radius 1 is 1.00 bits per heavy atom. The van der Waals surface area contributed by atoms with Crippen molar-refractivity contribution < 1.29 is 9.47 Å². The number of benzene rings is 3. The van der Waals surface area contributed by atoms with Crippen LogP contribution in [0, 0.1) is 0 Å². The maximum Gasteiger partial charge on any atom is 0.259 e. The molecule has 1 aromatic heterocycles. The van der Waals surface area contributed by atoms with Crippen LogP contribution in [-0.4, -0.2) is 17.1 Å². The Bertz CT molecular complexity index is 1200. The van der Waals surface area contributed by atoms with Crippen LogP contribution >= 0.6 is 15.9 Å². The van der Waals surface area contributed by atoms with E-state index in [1.807, 2.05) is 60.7 Å². The summed E-state index contributed by atoms with van der Waals surface area (Å²) in [6, 6.07) is 20.6. The smallest absolute Gasteiger partial charge is 0.259 e. The van der Waals surface area contributed by atoms with Crippen LogP contribution in [0.3, 0.4) is 0 Å². The minimum Gasteiger partial charge on any atom is -0.496 e. The van der Waals surface area contributed by atoms with Crippen LogP contribution in [-0.2, 0) is 6.61 Å². The number of hydrogen-bond acceptors (Lipinski definition) is 4. The number of H-pyrrole nitrogens is 1. The van der Waals surface area contributed by atoms with E-state index in [9.17, 15) is 4.79 Å². The first-order chi connectivity index (χ1) is 13.7. The third kappa shape index (κ3) is 3.64. The first kappa shape index (κ1) is 18.3. The highest BCUT2D eigenvalue weighted by atomic mass is 79.9. The highest BCUT2D eigenvalue weighted by Crippen LogP contribution is 2.29. The first-order valence-electron chi connectivity index (χ1n) is 8.69. The lowest BCUT2D eigenvalue weighted by atomic mass is 10.1. The molecule has 0 unspecified atom stereocenters. The fraction of sp³-hybridized carbons (Fsp3) is 0.0909. The number of aromatic nitrogens is 2. The van der Waals surface area contributed by atoms with Crippen molar-refractivity contribution in [2.75, 3.05) is 7.11 Å². The van der Waals surface area contributed by atoms with Crippen LogP contribution in [0.2, 0.25) is 0 Å². The fourth-order valence-corrected chi connectivity index (χ4v) is 3.38. The van der Waals surface area contributed by atoms with Crippen molar-refractivity contribution in [2.24, 2.45) is 0 Å². The summed E-state index contributed by atoms with van der Waals surface area (Å²) >= 11 is 3.48. The summed E-state index contributed by atoms with van der Waals surface area (Å²) in [5, 5.41) is 0.567. The molecule has 0 aliphatic rings. The molecule has 0 spiro atoms. The number of hydrogen-bond donors (Lipinski definition) is 1. The number of methoxy groups -OCH3 is 1. The number of halogens is 1. The number of ether oxygens (including phenoxy) is 2. The fourth-order valence-electron chi connectivity index (χ4n) is 2.98. The molecule has 0 fully saturated rings. The van der Waals surface area contributed by atoms with E-state index in [4.69, 9.17) is 9.47 Å². The van der Waals surface area contributed by atoms with Crippen LogP contribution in [0.25, 0.3) is 22.3 Å². The SMILES string of the molecule is COc1ccc(-c2nc3ccccc3c(=O)[nH]2)cc1COc1ccccc1Br. The van der Waals surface area contributed by atoms with Crippen molar-refractivity contribution in [3.63, 3.8) is 0 Å². The van der Waals surface area contributed by atoms with Gasteiger partial charge in [-0.3, -0.25) is 4.79 Å². The molecule has 4 aromatic rings. The van der Waals surface area contributed by atoms with E-state index < -0.39 is 0 Å². The van der Waals surface area contributed by atoms with E-state index in [2.05, 4.69) is 25.9 Å². The molecule has 28 heavy (non-hydrogen) atoms. The van der Waals surface area contributed by atoms with Crippen molar-refractivity contribution in [1.82, 2.24) is 9.97 Å². The first-order valence-corrected chi connectivity index (χ1v) is 9.48. The van der Waals surface area contributed by atoms with Gasteiger partial charge in [-0.25, -0.2) is 4.98 Å². The second kappa shape index (κ2) is 7.86. The molecule has 4 rings (SSSR count). The summed E-state index contributed by atoms with van der Waals surface area (Å²) in [5.74, 6) is 1.96. The predicted molar refractivity (Wildman–Crippen MR) is 113 cm³/mol. The molecule has 0 atom stereocenters. The van der Waals surface area contributed by atoms with Crippen LogP contribution in [0.1, 0.15) is 5.56 Å². The zero-order valence-electron chi connectivity index (χ0n) is 15.1. The topological polar surface area (TPSA) is 64.2 Å². The molecule has 140 valence electrons. The van der Waals surface area contributed by atoms with E-state index in [-0.39, 0.29) is 5.56 Å². The van der Waals surface area contributed by atoms with Crippen LogP contribution in [0.15, 0.2) is 76.0 Å². The van der Waals surface area contributed by atoms with Crippen LogP contribution in [0.5, 0.6) is 11.5 Å². The molecule has 0 saturated carbocycles. The number of para-hydroxylation sites is 2. The largest absolute Gasteiger partial charge is 0.496 e. The highest BCUT2D eigenvalue weighted by molar-refractivity contribution is 9.10. The van der Waals surface area contributed by atoms with Gasteiger partial charge in [0.05, 0.1) is 22.5 Å². The number of fused-ring (bicyclic) bond motifs is 1. The molecule has 6 heteroatoms. The summed E-state index contributed by atoms with van der Waals surface area (Å²) in [5.41, 5.74) is 2.13.